The molecule has 166 valence electrons. The minimum absolute atomic E-state index is 0.165. The molecule has 2 fully saturated rings. The molecule has 8 nitrogen and oxygen atoms in total. The Balaban J connectivity index is 1.28. The first-order chi connectivity index (χ1) is 15.5. The van der Waals surface area contributed by atoms with Crippen LogP contribution in [0.3, 0.4) is 0 Å². The van der Waals surface area contributed by atoms with Crippen LogP contribution in [0.2, 0.25) is 0 Å². The number of ether oxygens (including phenoxy) is 2. The van der Waals surface area contributed by atoms with Gasteiger partial charge in [0.15, 0.2) is 0 Å². The Morgan fingerprint density at radius 1 is 0.844 bits per heavy atom. The van der Waals surface area contributed by atoms with E-state index in [0.717, 1.165) is 23.1 Å². The van der Waals surface area contributed by atoms with E-state index in [1.165, 1.54) is 5.56 Å². The summed E-state index contributed by atoms with van der Waals surface area (Å²) in [6, 6.07) is 19.8. The predicted octanol–water partition coefficient (Wildman–Crippen LogP) is 2.31. The summed E-state index contributed by atoms with van der Waals surface area (Å²) in [4.78, 5) is 9.00. The Kier molecular flexibility index (Phi) is 5.64. The number of anilines is 1. The van der Waals surface area contributed by atoms with E-state index in [-0.39, 0.29) is 24.9 Å². The van der Waals surface area contributed by atoms with Gasteiger partial charge in [0.25, 0.3) is 0 Å². The molecular weight excluding hydrogens is 428 g/mol. The fraction of sp³-hybridized carbons (Fsp3) is 0.304. The molecule has 2 aliphatic rings. The highest BCUT2D eigenvalue weighted by Crippen LogP contribution is 2.29. The van der Waals surface area contributed by atoms with Gasteiger partial charge in [0.05, 0.1) is 37.2 Å². The van der Waals surface area contributed by atoms with Gasteiger partial charge in [0, 0.05) is 11.8 Å². The van der Waals surface area contributed by atoms with Gasteiger partial charge in [0.1, 0.15) is 12.2 Å². The molecule has 0 spiro atoms. The molecule has 2 saturated heterocycles. The maximum absolute atomic E-state index is 11.6. The van der Waals surface area contributed by atoms with E-state index in [0.29, 0.717) is 12.6 Å². The Labute approximate surface area is 187 Å². The highest BCUT2D eigenvalue weighted by molar-refractivity contribution is 7.88. The van der Waals surface area contributed by atoms with Gasteiger partial charge in [-0.15, -0.1) is 0 Å². The number of benzene rings is 2. The van der Waals surface area contributed by atoms with Crippen LogP contribution in [0.1, 0.15) is 0 Å². The maximum atomic E-state index is 11.6. The molecule has 0 amide bonds. The zero-order valence-electron chi connectivity index (χ0n) is 17.5. The molecule has 1 aromatic heterocycles. The lowest BCUT2D eigenvalue weighted by Gasteiger charge is -2.18. The molecule has 0 saturated carbocycles. The first-order valence-electron chi connectivity index (χ1n) is 10.4. The van der Waals surface area contributed by atoms with Gasteiger partial charge in [-0.2, -0.15) is 0 Å². The van der Waals surface area contributed by atoms with E-state index in [9.17, 15) is 8.42 Å². The Hall–Kier alpha value is -2.85. The van der Waals surface area contributed by atoms with Crippen molar-refractivity contribution in [1.29, 1.82) is 0 Å². The van der Waals surface area contributed by atoms with Crippen LogP contribution in [0.4, 0.5) is 5.95 Å². The maximum Gasteiger partial charge on any atom is 0.223 e. The Morgan fingerprint density at radius 2 is 1.47 bits per heavy atom. The van der Waals surface area contributed by atoms with Crippen LogP contribution in [-0.4, -0.2) is 62.1 Å². The molecule has 0 unspecified atom stereocenters. The first-order valence-corrected chi connectivity index (χ1v) is 12.3. The van der Waals surface area contributed by atoms with Crippen molar-refractivity contribution in [2.45, 2.75) is 24.3 Å². The van der Waals surface area contributed by atoms with Crippen LogP contribution in [0.5, 0.6) is 0 Å². The normalized spacial score (nSPS) is 24.9. The van der Waals surface area contributed by atoms with Crippen molar-refractivity contribution in [2.75, 3.05) is 24.8 Å². The average molecular weight is 453 g/mol. The lowest BCUT2D eigenvalue weighted by Crippen LogP contribution is -2.44. The molecule has 0 bridgehead atoms. The zero-order valence-corrected chi connectivity index (χ0v) is 18.3. The molecule has 3 heterocycles. The second-order valence-electron chi connectivity index (χ2n) is 8.05. The molecule has 9 heteroatoms. The summed E-state index contributed by atoms with van der Waals surface area (Å²) in [6.07, 6.45) is 2.24. The summed E-state index contributed by atoms with van der Waals surface area (Å²) in [7, 11) is -3.33. The van der Waals surface area contributed by atoms with Crippen LogP contribution in [0.25, 0.3) is 22.4 Å². The summed E-state index contributed by atoms with van der Waals surface area (Å²) in [5, 5.41) is 3.29. The molecule has 0 aliphatic carbocycles. The first kappa shape index (κ1) is 21.0. The van der Waals surface area contributed by atoms with Gasteiger partial charge in [-0.3, -0.25) is 0 Å². The van der Waals surface area contributed by atoms with Crippen molar-refractivity contribution in [3.8, 4) is 22.4 Å². The van der Waals surface area contributed by atoms with Crippen LogP contribution < -0.4 is 10.0 Å². The number of nitrogens with zero attached hydrogens (tertiary/aromatic N) is 2. The van der Waals surface area contributed by atoms with E-state index < -0.39 is 16.1 Å². The van der Waals surface area contributed by atoms with Crippen molar-refractivity contribution < 1.29 is 17.9 Å². The van der Waals surface area contributed by atoms with Crippen molar-refractivity contribution >= 4 is 16.0 Å². The van der Waals surface area contributed by atoms with Gasteiger partial charge in [-0.1, -0.05) is 54.6 Å². The molecule has 2 aliphatic heterocycles. The van der Waals surface area contributed by atoms with Gasteiger partial charge in [-0.25, -0.2) is 23.1 Å². The standard InChI is InChI=1S/C23H24N4O4S/c1-32(28,29)27-20-14-31-21-19(13-30-22(20)21)26-23-24-12-11-18(25-23)17-9-7-16(8-10-17)15-5-3-2-4-6-15/h2-12,19-22,27H,13-14H2,1H3,(H,24,25,26)/t19-,20-,21+,22+/m0/s1. The third-order valence-corrected chi connectivity index (χ3v) is 6.41. The SMILES string of the molecule is CS(=O)(=O)N[C@H]1CO[C@H]2[C@@H]1OC[C@@H]2Nc1nccc(-c2ccc(-c3ccccc3)cc2)n1. The number of aromatic nitrogens is 2. The molecule has 2 aromatic carbocycles. The smallest absolute Gasteiger partial charge is 0.223 e. The molecule has 3 aromatic rings. The fourth-order valence-corrected chi connectivity index (χ4v) is 4.97. The quantitative estimate of drug-likeness (QED) is 0.592. The number of fused-ring (bicyclic) bond motifs is 1. The van der Waals surface area contributed by atoms with Crippen LogP contribution >= 0.6 is 0 Å². The third kappa shape index (κ3) is 4.51. The summed E-state index contributed by atoms with van der Waals surface area (Å²) in [5.41, 5.74) is 4.11. The molecular formula is C23H24N4O4S. The molecule has 5 rings (SSSR count). The zero-order chi connectivity index (χ0) is 22.1. The van der Waals surface area contributed by atoms with Crippen molar-refractivity contribution in [3.05, 3.63) is 66.9 Å². The van der Waals surface area contributed by atoms with Crippen molar-refractivity contribution in [1.82, 2.24) is 14.7 Å². The molecule has 2 N–H and O–H groups in total. The number of hydrogen-bond donors (Lipinski definition) is 2. The minimum Gasteiger partial charge on any atom is -0.371 e. The summed E-state index contributed by atoms with van der Waals surface area (Å²) in [6.45, 7) is 0.659. The van der Waals surface area contributed by atoms with Gasteiger partial charge in [0.2, 0.25) is 16.0 Å². The fourth-order valence-electron chi connectivity index (χ4n) is 4.22. The van der Waals surface area contributed by atoms with E-state index in [1.807, 2.05) is 36.4 Å². The molecule has 4 atom stereocenters. The Bertz CT molecular complexity index is 1190. The van der Waals surface area contributed by atoms with Gasteiger partial charge >= 0.3 is 0 Å². The average Bonchev–Trinajstić information content (AvgIpc) is 3.37. The van der Waals surface area contributed by atoms with Crippen molar-refractivity contribution in [3.63, 3.8) is 0 Å². The summed E-state index contributed by atoms with van der Waals surface area (Å²) >= 11 is 0. The monoisotopic (exact) mass is 452 g/mol. The summed E-state index contributed by atoms with van der Waals surface area (Å²) < 4.78 is 37.4. The summed E-state index contributed by atoms with van der Waals surface area (Å²) in [5.74, 6) is 0.479. The number of hydrogen-bond acceptors (Lipinski definition) is 7. The van der Waals surface area contributed by atoms with Crippen LogP contribution in [0, 0.1) is 0 Å². The molecule has 32 heavy (non-hydrogen) atoms. The van der Waals surface area contributed by atoms with Gasteiger partial charge in [-0.05, 0) is 17.2 Å². The van der Waals surface area contributed by atoms with E-state index in [1.54, 1.807) is 6.20 Å². The predicted molar refractivity (Wildman–Crippen MR) is 122 cm³/mol. The van der Waals surface area contributed by atoms with Crippen LogP contribution in [0.15, 0.2) is 66.9 Å². The second-order valence-corrected chi connectivity index (χ2v) is 9.83. The lowest BCUT2D eigenvalue weighted by atomic mass is 10.0. The highest BCUT2D eigenvalue weighted by atomic mass is 32.2. The number of rotatable bonds is 6. The number of sulfonamides is 1. The minimum atomic E-state index is -3.33. The number of nitrogens with one attached hydrogen (secondary N) is 2. The van der Waals surface area contributed by atoms with E-state index in [4.69, 9.17) is 9.47 Å². The van der Waals surface area contributed by atoms with E-state index in [2.05, 4.69) is 44.3 Å². The van der Waals surface area contributed by atoms with Gasteiger partial charge < -0.3 is 14.8 Å². The Morgan fingerprint density at radius 3 is 2.19 bits per heavy atom. The largest absolute Gasteiger partial charge is 0.371 e. The van der Waals surface area contributed by atoms with Crippen LogP contribution in [-0.2, 0) is 19.5 Å². The lowest BCUT2D eigenvalue weighted by molar-refractivity contribution is 0.0690. The topological polar surface area (TPSA) is 102 Å². The molecule has 0 radical (unpaired) electrons. The third-order valence-electron chi connectivity index (χ3n) is 5.68. The van der Waals surface area contributed by atoms with Crippen molar-refractivity contribution in [2.24, 2.45) is 0 Å². The highest BCUT2D eigenvalue weighted by Gasteiger charge is 2.48. The second kappa shape index (κ2) is 8.59. The van der Waals surface area contributed by atoms with E-state index >= 15 is 0 Å².